The van der Waals surface area contributed by atoms with Crippen molar-refractivity contribution in [1.29, 1.82) is 0 Å². The van der Waals surface area contributed by atoms with Gasteiger partial charge in [-0.1, -0.05) is 17.7 Å². The normalized spacial score (nSPS) is 16.4. The molecule has 0 radical (unpaired) electrons. The molecule has 0 aliphatic carbocycles. The minimum atomic E-state index is -1.26. The lowest BCUT2D eigenvalue weighted by Gasteiger charge is -2.32. The average Bonchev–Trinajstić information content (AvgIpc) is 2.37. The molecular formula is C18H24N2O4. The second-order valence-corrected chi connectivity index (χ2v) is 6.70. The number of anilines is 1. The Morgan fingerprint density at radius 2 is 1.46 bits per heavy atom. The highest BCUT2D eigenvalue weighted by Gasteiger charge is 2.41. The third-order valence-corrected chi connectivity index (χ3v) is 3.69. The molecule has 6 nitrogen and oxygen atoms in total. The number of nitrogens with zero attached hydrogens (tertiary/aromatic N) is 1. The third-order valence-electron chi connectivity index (χ3n) is 3.69. The highest BCUT2D eigenvalue weighted by Crippen LogP contribution is 2.28. The lowest BCUT2D eigenvalue weighted by molar-refractivity contribution is -0.222. The SMILES string of the molecule is Cc1cc(C)c(NC(=C2C(=O)OC(C)(C)OC2=O)N(C)C)c(C)c1. The number of rotatable bonds is 3. The van der Waals surface area contributed by atoms with Gasteiger partial charge in [-0.2, -0.15) is 0 Å². The van der Waals surface area contributed by atoms with Crippen molar-refractivity contribution in [2.75, 3.05) is 19.4 Å². The van der Waals surface area contributed by atoms with Gasteiger partial charge in [0.25, 0.3) is 5.79 Å². The smallest absolute Gasteiger partial charge is 0.352 e. The Kier molecular flexibility index (Phi) is 4.60. The molecule has 1 fully saturated rings. The predicted octanol–water partition coefficient (Wildman–Crippen LogP) is 2.63. The molecule has 1 aliphatic heterocycles. The molecule has 0 amide bonds. The molecule has 0 unspecified atom stereocenters. The molecule has 1 aromatic carbocycles. The summed E-state index contributed by atoms with van der Waals surface area (Å²) in [5, 5.41) is 3.20. The van der Waals surface area contributed by atoms with E-state index in [1.807, 2.05) is 32.9 Å². The van der Waals surface area contributed by atoms with Gasteiger partial charge in [0.1, 0.15) is 5.82 Å². The number of nitrogens with one attached hydrogen (secondary N) is 1. The molecule has 1 saturated heterocycles. The highest BCUT2D eigenvalue weighted by molar-refractivity contribution is 6.16. The first-order valence-electron chi connectivity index (χ1n) is 7.75. The first-order chi connectivity index (χ1) is 11.0. The molecule has 0 aromatic heterocycles. The largest absolute Gasteiger partial charge is 0.419 e. The minimum absolute atomic E-state index is 0.140. The van der Waals surface area contributed by atoms with Crippen molar-refractivity contribution in [3.05, 3.63) is 40.2 Å². The molecule has 0 spiro atoms. The van der Waals surface area contributed by atoms with Crippen molar-refractivity contribution in [1.82, 2.24) is 4.90 Å². The summed E-state index contributed by atoms with van der Waals surface area (Å²) >= 11 is 0. The van der Waals surface area contributed by atoms with Crippen LogP contribution >= 0.6 is 0 Å². The van der Waals surface area contributed by atoms with Crippen molar-refractivity contribution in [2.45, 2.75) is 40.4 Å². The Hall–Kier alpha value is -2.50. The standard InChI is InChI=1S/C18H24N2O4/c1-10-8-11(2)14(12(3)9-10)19-15(20(6)7)13-16(21)23-18(4,5)24-17(13)22/h8-9,19H,1-7H3. The van der Waals surface area contributed by atoms with E-state index < -0.39 is 17.7 Å². The van der Waals surface area contributed by atoms with Crippen LogP contribution in [0.2, 0.25) is 0 Å². The van der Waals surface area contributed by atoms with Crippen LogP contribution in [0.4, 0.5) is 5.69 Å². The quantitative estimate of drug-likeness (QED) is 0.521. The number of cyclic esters (lactones) is 2. The zero-order chi connectivity index (χ0) is 18.2. The van der Waals surface area contributed by atoms with Crippen LogP contribution in [-0.4, -0.2) is 36.7 Å². The van der Waals surface area contributed by atoms with Gasteiger partial charge in [-0.25, -0.2) is 9.59 Å². The predicted molar refractivity (Wildman–Crippen MR) is 91.3 cm³/mol. The molecule has 130 valence electrons. The fourth-order valence-electron chi connectivity index (χ4n) is 2.74. The van der Waals surface area contributed by atoms with Crippen LogP contribution < -0.4 is 5.32 Å². The van der Waals surface area contributed by atoms with Crippen LogP contribution in [0, 0.1) is 20.8 Å². The van der Waals surface area contributed by atoms with Crippen LogP contribution in [0.1, 0.15) is 30.5 Å². The fraction of sp³-hybridized carbons (Fsp3) is 0.444. The molecule has 1 aromatic rings. The number of carbonyl (C=O) groups is 2. The van der Waals surface area contributed by atoms with Crippen LogP contribution in [0.25, 0.3) is 0 Å². The number of hydrogen-bond donors (Lipinski definition) is 1. The van der Waals surface area contributed by atoms with Crippen molar-refractivity contribution >= 4 is 17.6 Å². The molecule has 1 N–H and O–H groups in total. The highest BCUT2D eigenvalue weighted by atomic mass is 16.7. The molecule has 2 rings (SSSR count). The fourth-order valence-corrected chi connectivity index (χ4v) is 2.74. The topological polar surface area (TPSA) is 67.9 Å². The van der Waals surface area contributed by atoms with E-state index in [1.54, 1.807) is 19.0 Å². The van der Waals surface area contributed by atoms with Gasteiger partial charge in [0, 0.05) is 33.6 Å². The summed E-state index contributed by atoms with van der Waals surface area (Å²) in [6, 6.07) is 4.07. The van der Waals surface area contributed by atoms with Crippen LogP contribution in [-0.2, 0) is 19.1 Å². The van der Waals surface area contributed by atoms with Gasteiger partial charge < -0.3 is 19.7 Å². The monoisotopic (exact) mass is 332 g/mol. The summed E-state index contributed by atoms with van der Waals surface area (Å²) in [4.78, 5) is 26.3. The summed E-state index contributed by atoms with van der Waals surface area (Å²) in [5.74, 6) is -2.31. The molecule has 1 aliphatic rings. The van der Waals surface area contributed by atoms with E-state index in [4.69, 9.17) is 9.47 Å². The number of carbonyl (C=O) groups excluding carboxylic acids is 2. The van der Waals surface area contributed by atoms with Crippen molar-refractivity contribution in [3.8, 4) is 0 Å². The van der Waals surface area contributed by atoms with E-state index in [1.165, 1.54) is 13.8 Å². The van der Waals surface area contributed by atoms with Gasteiger partial charge in [0.15, 0.2) is 5.57 Å². The second kappa shape index (κ2) is 6.19. The number of benzene rings is 1. The van der Waals surface area contributed by atoms with Gasteiger partial charge >= 0.3 is 11.9 Å². The minimum Gasteiger partial charge on any atom is -0.419 e. The Balaban J connectivity index is 2.51. The second-order valence-electron chi connectivity index (χ2n) is 6.70. The number of hydrogen-bond acceptors (Lipinski definition) is 6. The summed E-state index contributed by atoms with van der Waals surface area (Å²) in [5.41, 5.74) is 3.89. The number of aryl methyl sites for hydroxylation is 3. The molecule has 0 bridgehead atoms. The van der Waals surface area contributed by atoms with Crippen molar-refractivity contribution < 1.29 is 19.1 Å². The zero-order valence-electron chi connectivity index (χ0n) is 15.2. The summed E-state index contributed by atoms with van der Waals surface area (Å²) in [6.07, 6.45) is 0. The van der Waals surface area contributed by atoms with Crippen molar-refractivity contribution in [3.63, 3.8) is 0 Å². The Bertz CT molecular complexity index is 688. The zero-order valence-corrected chi connectivity index (χ0v) is 15.2. The first kappa shape index (κ1) is 17.8. The van der Waals surface area contributed by atoms with Crippen LogP contribution in [0.3, 0.4) is 0 Å². The number of esters is 2. The van der Waals surface area contributed by atoms with E-state index in [2.05, 4.69) is 5.32 Å². The molecule has 24 heavy (non-hydrogen) atoms. The van der Waals surface area contributed by atoms with Crippen LogP contribution in [0.15, 0.2) is 23.5 Å². The van der Waals surface area contributed by atoms with Crippen LogP contribution in [0.5, 0.6) is 0 Å². The maximum atomic E-state index is 12.3. The van der Waals surface area contributed by atoms with Gasteiger partial charge in [0.2, 0.25) is 0 Å². The maximum absolute atomic E-state index is 12.3. The summed E-state index contributed by atoms with van der Waals surface area (Å²) in [6.45, 7) is 9.02. The van der Waals surface area contributed by atoms with E-state index in [9.17, 15) is 9.59 Å². The van der Waals surface area contributed by atoms with Gasteiger partial charge in [-0.05, 0) is 31.9 Å². The van der Waals surface area contributed by atoms with E-state index >= 15 is 0 Å². The van der Waals surface area contributed by atoms with Crippen molar-refractivity contribution in [2.24, 2.45) is 0 Å². The Morgan fingerprint density at radius 3 is 1.88 bits per heavy atom. The molecular weight excluding hydrogens is 308 g/mol. The lowest BCUT2D eigenvalue weighted by Crippen LogP contribution is -2.44. The van der Waals surface area contributed by atoms with Gasteiger partial charge in [-0.15, -0.1) is 0 Å². The number of ether oxygens (including phenoxy) is 2. The van der Waals surface area contributed by atoms with E-state index in [0.29, 0.717) is 5.82 Å². The molecule has 0 atom stereocenters. The lowest BCUT2D eigenvalue weighted by atomic mass is 10.0. The molecule has 0 saturated carbocycles. The van der Waals surface area contributed by atoms with E-state index in [-0.39, 0.29) is 5.57 Å². The van der Waals surface area contributed by atoms with E-state index in [0.717, 1.165) is 22.4 Å². The molecule has 6 heteroatoms. The van der Waals surface area contributed by atoms with Gasteiger partial charge in [0.05, 0.1) is 0 Å². The Morgan fingerprint density at radius 1 is 1.00 bits per heavy atom. The first-order valence-corrected chi connectivity index (χ1v) is 7.75. The third kappa shape index (κ3) is 3.53. The summed E-state index contributed by atoms with van der Waals surface area (Å²) in [7, 11) is 3.49. The average molecular weight is 332 g/mol. The summed E-state index contributed by atoms with van der Waals surface area (Å²) < 4.78 is 10.4. The molecule has 1 heterocycles. The van der Waals surface area contributed by atoms with Gasteiger partial charge in [-0.3, -0.25) is 0 Å². The maximum Gasteiger partial charge on any atom is 0.352 e. The Labute approximate surface area is 142 Å².